The number of aromatic nitrogens is 1. The maximum atomic E-state index is 11.9. The van der Waals surface area contributed by atoms with Gasteiger partial charge in [-0.2, -0.15) is 0 Å². The van der Waals surface area contributed by atoms with Gasteiger partial charge in [-0.05, 0) is 31.2 Å². The standard InChI is InChI=1S/C14H12N2O3/c1-9-2-4-11(5-3-9)16-13(17)10-6-7-15-12(8-10)14(18)19/h2-8H,1H3,(H,16,17)(H,18,19). The van der Waals surface area contributed by atoms with Crippen LogP contribution in [0.25, 0.3) is 0 Å². The lowest BCUT2D eigenvalue weighted by Crippen LogP contribution is -2.13. The molecule has 19 heavy (non-hydrogen) atoms. The molecule has 0 saturated carbocycles. The van der Waals surface area contributed by atoms with E-state index in [0.29, 0.717) is 5.69 Å². The number of carboxylic acids is 1. The number of carboxylic acid groups (broad SMARTS) is 1. The van der Waals surface area contributed by atoms with Crippen LogP contribution in [0.1, 0.15) is 26.4 Å². The number of carbonyl (C=O) groups is 2. The van der Waals surface area contributed by atoms with Crippen molar-refractivity contribution in [3.05, 3.63) is 59.4 Å². The maximum absolute atomic E-state index is 11.9. The van der Waals surface area contributed by atoms with Crippen LogP contribution in [0.5, 0.6) is 0 Å². The molecule has 5 nitrogen and oxygen atoms in total. The van der Waals surface area contributed by atoms with Crippen LogP contribution in [-0.4, -0.2) is 22.0 Å². The van der Waals surface area contributed by atoms with Gasteiger partial charge < -0.3 is 10.4 Å². The molecule has 1 amide bonds. The third kappa shape index (κ3) is 3.16. The molecule has 1 aromatic carbocycles. The van der Waals surface area contributed by atoms with Gasteiger partial charge in [0.15, 0.2) is 0 Å². The number of pyridine rings is 1. The van der Waals surface area contributed by atoms with Crippen LogP contribution < -0.4 is 5.32 Å². The van der Waals surface area contributed by atoms with Crippen LogP contribution in [0, 0.1) is 6.92 Å². The number of hydrogen-bond acceptors (Lipinski definition) is 3. The summed E-state index contributed by atoms with van der Waals surface area (Å²) in [6.07, 6.45) is 1.30. The summed E-state index contributed by atoms with van der Waals surface area (Å²) in [5.41, 5.74) is 1.85. The monoisotopic (exact) mass is 256 g/mol. The van der Waals surface area contributed by atoms with Crippen molar-refractivity contribution < 1.29 is 14.7 Å². The number of anilines is 1. The number of nitrogens with zero attached hydrogens (tertiary/aromatic N) is 1. The average Bonchev–Trinajstić information content (AvgIpc) is 2.41. The maximum Gasteiger partial charge on any atom is 0.354 e. The number of hydrogen-bond donors (Lipinski definition) is 2. The number of benzene rings is 1. The van der Waals surface area contributed by atoms with Gasteiger partial charge >= 0.3 is 5.97 Å². The highest BCUT2D eigenvalue weighted by Gasteiger charge is 2.10. The molecule has 0 aliphatic heterocycles. The molecule has 0 fully saturated rings. The summed E-state index contributed by atoms with van der Waals surface area (Å²) in [4.78, 5) is 26.4. The van der Waals surface area contributed by atoms with Crippen LogP contribution in [-0.2, 0) is 0 Å². The summed E-state index contributed by atoms with van der Waals surface area (Å²) in [7, 11) is 0. The third-order valence-corrected chi connectivity index (χ3v) is 2.55. The van der Waals surface area contributed by atoms with Crippen LogP contribution in [0.2, 0.25) is 0 Å². The van der Waals surface area contributed by atoms with Crippen molar-refractivity contribution >= 4 is 17.6 Å². The van der Waals surface area contributed by atoms with Crippen LogP contribution >= 0.6 is 0 Å². The molecular weight excluding hydrogens is 244 g/mol. The molecule has 0 aliphatic carbocycles. The molecule has 1 heterocycles. The Morgan fingerprint density at radius 3 is 2.47 bits per heavy atom. The molecule has 2 N–H and O–H groups in total. The van der Waals surface area contributed by atoms with Gasteiger partial charge in [0, 0.05) is 17.4 Å². The van der Waals surface area contributed by atoms with Gasteiger partial charge in [-0.15, -0.1) is 0 Å². The Bertz CT molecular complexity index is 621. The van der Waals surface area contributed by atoms with E-state index in [4.69, 9.17) is 5.11 Å². The first-order valence-electron chi connectivity index (χ1n) is 5.63. The van der Waals surface area contributed by atoms with E-state index in [2.05, 4.69) is 10.3 Å². The molecule has 96 valence electrons. The summed E-state index contributed by atoms with van der Waals surface area (Å²) in [6.45, 7) is 1.95. The minimum Gasteiger partial charge on any atom is -0.477 e. The zero-order valence-corrected chi connectivity index (χ0v) is 10.3. The van der Waals surface area contributed by atoms with Crippen LogP contribution in [0.3, 0.4) is 0 Å². The molecule has 0 saturated heterocycles. The average molecular weight is 256 g/mol. The molecule has 0 unspecified atom stereocenters. The van der Waals surface area contributed by atoms with Gasteiger partial charge in [-0.3, -0.25) is 4.79 Å². The molecule has 0 radical (unpaired) electrons. The molecule has 0 bridgehead atoms. The fourth-order valence-electron chi connectivity index (χ4n) is 1.53. The van der Waals surface area contributed by atoms with E-state index in [1.807, 2.05) is 19.1 Å². The van der Waals surface area contributed by atoms with E-state index in [9.17, 15) is 9.59 Å². The van der Waals surface area contributed by atoms with Crippen molar-refractivity contribution in [1.29, 1.82) is 0 Å². The first kappa shape index (κ1) is 12.8. The van der Waals surface area contributed by atoms with Gasteiger partial charge in [-0.25, -0.2) is 9.78 Å². The lowest BCUT2D eigenvalue weighted by atomic mass is 10.2. The summed E-state index contributed by atoms with van der Waals surface area (Å²) in [5.74, 6) is -1.53. The predicted octanol–water partition coefficient (Wildman–Crippen LogP) is 2.34. The summed E-state index contributed by atoms with van der Waals surface area (Å²) >= 11 is 0. The second kappa shape index (κ2) is 5.30. The van der Waals surface area contributed by atoms with Crippen molar-refractivity contribution in [3.63, 3.8) is 0 Å². The minimum atomic E-state index is -1.16. The second-order valence-electron chi connectivity index (χ2n) is 4.06. The zero-order chi connectivity index (χ0) is 13.8. The largest absolute Gasteiger partial charge is 0.477 e. The van der Waals surface area contributed by atoms with E-state index < -0.39 is 5.97 Å². The molecule has 5 heteroatoms. The summed E-state index contributed by atoms with van der Waals surface area (Å²) in [5, 5.41) is 11.5. The van der Waals surface area contributed by atoms with Crippen LogP contribution in [0.15, 0.2) is 42.6 Å². The Morgan fingerprint density at radius 1 is 1.16 bits per heavy atom. The van der Waals surface area contributed by atoms with Crippen molar-refractivity contribution in [1.82, 2.24) is 4.98 Å². The number of carbonyl (C=O) groups excluding carboxylic acids is 1. The molecule has 0 spiro atoms. The highest BCUT2D eigenvalue weighted by atomic mass is 16.4. The SMILES string of the molecule is Cc1ccc(NC(=O)c2ccnc(C(=O)O)c2)cc1. The third-order valence-electron chi connectivity index (χ3n) is 2.55. The van der Waals surface area contributed by atoms with Gasteiger partial charge in [0.1, 0.15) is 5.69 Å². The summed E-state index contributed by atoms with van der Waals surface area (Å²) in [6, 6.07) is 10.0. The Labute approximate surface area is 109 Å². The van der Waals surface area contributed by atoms with E-state index >= 15 is 0 Å². The molecule has 2 rings (SSSR count). The Kier molecular flexibility index (Phi) is 3.56. The highest BCUT2D eigenvalue weighted by Crippen LogP contribution is 2.11. The topological polar surface area (TPSA) is 79.3 Å². The van der Waals surface area contributed by atoms with E-state index in [1.54, 1.807) is 12.1 Å². The van der Waals surface area contributed by atoms with Crippen molar-refractivity contribution in [2.45, 2.75) is 6.92 Å². The quantitative estimate of drug-likeness (QED) is 0.883. The fourth-order valence-corrected chi connectivity index (χ4v) is 1.53. The molecule has 0 aliphatic rings. The van der Waals surface area contributed by atoms with E-state index in [1.165, 1.54) is 18.3 Å². The van der Waals surface area contributed by atoms with Gasteiger partial charge in [0.05, 0.1) is 0 Å². The molecule has 1 aromatic heterocycles. The first-order valence-corrected chi connectivity index (χ1v) is 5.63. The van der Waals surface area contributed by atoms with E-state index in [0.717, 1.165) is 5.56 Å². The fraction of sp³-hybridized carbons (Fsp3) is 0.0714. The van der Waals surface area contributed by atoms with E-state index in [-0.39, 0.29) is 17.2 Å². The van der Waals surface area contributed by atoms with Gasteiger partial charge in [0.2, 0.25) is 0 Å². The lowest BCUT2D eigenvalue weighted by molar-refractivity contribution is 0.0690. The van der Waals surface area contributed by atoms with Crippen molar-refractivity contribution in [2.75, 3.05) is 5.32 Å². The number of rotatable bonds is 3. The van der Waals surface area contributed by atoms with Gasteiger partial charge in [-0.1, -0.05) is 17.7 Å². The van der Waals surface area contributed by atoms with Gasteiger partial charge in [0.25, 0.3) is 5.91 Å². The number of amides is 1. The molecular formula is C14H12N2O3. The zero-order valence-electron chi connectivity index (χ0n) is 10.3. The normalized spacial score (nSPS) is 9.95. The Hall–Kier alpha value is -2.69. The first-order chi connectivity index (χ1) is 9.06. The lowest BCUT2D eigenvalue weighted by Gasteiger charge is -2.05. The molecule has 2 aromatic rings. The van der Waals surface area contributed by atoms with Crippen molar-refractivity contribution in [3.8, 4) is 0 Å². The highest BCUT2D eigenvalue weighted by molar-refractivity contribution is 6.05. The number of aromatic carboxylic acids is 1. The predicted molar refractivity (Wildman–Crippen MR) is 70.3 cm³/mol. The smallest absolute Gasteiger partial charge is 0.354 e. The minimum absolute atomic E-state index is 0.156. The Morgan fingerprint density at radius 2 is 1.84 bits per heavy atom. The number of aryl methyl sites for hydroxylation is 1. The second-order valence-corrected chi connectivity index (χ2v) is 4.06. The van der Waals surface area contributed by atoms with Crippen LogP contribution in [0.4, 0.5) is 5.69 Å². The summed E-state index contributed by atoms with van der Waals surface area (Å²) < 4.78 is 0. The number of nitrogens with one attached hydrogen (secondary N) is 1. The Balaban J connectivity index is 2.18. The van der Waals surface area contributed by atoms with Crippen molar-refractivity contribution in [2.24, 2.45) is 0 Å². The molecule has 0 atom stereocenters.